The molecular formula is C43H58FN6O7P. The van der Waals surface area contributed by atoms with Crippen molar-refractivity contribution in [2.75, 3.05) is 18.9 Å². The third kappa shape index (κ3) is 13.1. The molecule has 0 bridgehead atoms. The number of anilines is 1. The number of nitrogens with zero attached hydrogens (tertiary/aromatic N) is 4. The van der Waals surface area contributed by atoms with Crippen molar-refractivity contribution in [1.82, 2.24) is 24.6 Å². The molecule has 2 aromatic carbocycles. The summed E-state index contributed by atoms with van der Waals surface area (Å²) in [6.45, 7) is 1.83. The molecular weight excluding hydrogens is 762 g/mol. The summed E-state index contributed by atoms with van der Waals surface area (Å²) in [5.74, 6) is 1.86. The Morgan fingerprint density at radius 1 is 1.00 bits per heavy atom. The van der Waals surface area contributed by atoms with Gasteiger partial charge in [0.25, 0.3) is 0 Å². The molecule has 0 aliphatic carbocycles. The minimum Gasteiger partial charge on any atom is -0.465 e. The zero-order valence-electron chi connectivity index (χ0n) is 33.5. The minimum absolute atomic E-state index is 0.0343. The topological polar surface area (TPSA) is 173 Å². The summed E-state index contributed by atoms with van der Waals surface area (Å²) >= 11 is 0. The van der Waals surface area contributed by atoms with Crippen LogP contribution in [-0.4, -0.2) is 61.6 Å². The van der Waals surface area contributed by atoms with Crippen LogP contribution in [-0.2, 0) is 29.8 Å². The SMILES string of the molecule is C#C[C@]1(COP(=O)(N[C@@H](Cc2ccccc2)C(=O)OCCCCCCCCCCCCCCCC)Oc2ccccc2)O[C@@H](n2cnc3c(N)nc(F)nc32)C[C@@H]1O. The number of nitrogens with two attached hydrogens (primary N) is 1. The van der Waals surface area contributed by atoms with Gasteiger partial charge in [-0.2, -0.15) is 19.4 Å². The predicted molar refractivity (Wildman–Crippen MR) is 221 cm³/mol. The van der Waals surface area contributed by atoms with Crippen molar-refractivity contribution in [3.8, 4) is 18.1 Å². The van der Waals surface area contributed by atoms with Crippen molar-refractivity contribution in [1.29, 1.82) is 0 Å². The number of carbonyl (C=O) groups is 1. The molecule has 4 aromatic rings. The van der Waals surface area contributed by atoms with Crippen LogP contribution < -0.4 is 15.3 Å². The first-order valence-corrected chi connectivity index (χ1v) is 22.2. The van der Waals surface area contributed by atoms with Crippen LogP contribution in [0.2, 0.25) is 0 Å². The van der Waals surface area contributed by atoms with Gasteiger partial charge in [-0.05, 0) is 30.5 Å². The fourth-order valence-electron chi connectivity index (χ4n) is 7.03. The van der Waals surface area contributed by atoms with E-state index >= 15 is 0 Å². The second-order valence-electron chi connectivity index (χ2n) is 14.9. The van der Waals surface area contributed by atoms with Gasteiger partial charge in [0.1, 0.15) is 30.7 Å². The number of nitrogens with one attached hydrogen (secondary N) is 1. The van der Waals surface area contributed by atoms with Gasteiger partial charge in [-0.1, -0.05) is 145 Å². The van der Waals surface area contributed by atoms with E-state index in [1.807, 2.05) is 30.3 Å². The molecule has 4 N–H and O–H groups in total. The zero-order valence-corrected chi connectivity index (χ0v) is 34.4. The molecule has 0 radical (unpaired) electrons. The maximum absolute atomic E-state index is 14.7. The van der Waals surface area contributed by atoms with Crippen LogP contribution in [0.25, 0.3) is 11.2 Å². The standard InChI is InChI=1S/C43H58FN6O7P/c1-3-5-6-7-8-9-10-11-12-13-14-15-16-23-28-54-41(52)35(29-33-24-19-17-20-25-33)49-58(53,57-34-26-21-18-22-27-34)55-31-43(4-2)36(51)30-37(56-43)50-32-46-38-39(45)47-42(44)48-40(38)50/h2,17-22,24-27,32,35-37,51H,3,5-16,23,28-31H2,1H3,(H,49,53)(H2,45,47,48)/t35-,36-,37+,43+,58?/m0/s1. The third-order valence-corrected chi connectivity index (χ3v) is 11.9. The maximum Gasteiger partial charge on any atom is 0.459 e. The molecule has 58 heavy (non-hydrogen) atoms. The molecule has 1 unspecified atom stereocenters. The lowest BCUT2D eigenvalue weighted by atomic mass is 9.99. The lowest BCUT2D eigenvalue weighted by Gasteiger charge is -2.30. The Labute approximate surface area is 341 Å². The number of imidazole rings is 1. The predicted octanol–water partition coefficient (Wildman–Crippen LogP) is 8.63. The van der Waals surface area contributed by atoms with E-state index in [-0.39, 0.29) is 42.2 Å². The van der Waals surface area contributed by atoms with E-state index in [0.29, 0.717) is 6.42 Å². The van der Waals surface area contributed by atoms with Crippen LogP contribution in [0.4, 0.5) is 10.2 Å². The number of hydrogen-bond donors (Lipinski definition) is 3. The number of fused-ring (bicyclic) bond motifs is 1. The first kappa shape index (κ1) is 44.7. The van der Waals surface area contributed by atoms with Crippen molar-refractivity contribution >= 4 is 30.7 Å². The number of ether oxygens (including phenoxy) is 2. The highest BCUT2D eigenvalue weighted by atomic mass is 31.2. The zero-order chi connectivity index (χ0) is 41.2. The molecule has 0 amide bonds. The molecule has 1 saturated heterocycles. The van der Waals surface area contributed by atoms with E-state index < -0.39 is 50.4 Å². The minimum atomic E-state index is -4.47. The van der Waals surface area contributed by atoms with E-state index in [2.05, 4.69) is 32.9 Å². The lowest BCUT2D eigenvalue weighted by molar-refractivity contribution is -0.146. The average molecular weight is 821 g/mol. The largest absolute Gasteiger partial charge is 0.465 e. The summed E-state index contributed by atoms with van der Waals surface area (Å²) < 4.78 is 54.0. The number of nitrogen functional groups attached to an aromatic ring is 1. The quantitative estimate of drug-likeness (QED) is 0.0181. The molecule has 15 heteroatoms. The van der Waals surface area contributed by atoms with Crippen LogP contribution >= 0.6 is 7.75 Å². The summed E-state index contributed by atoms with van der Waals surface area (Å²) in [5.41, 5.74) is 4.94. The summed E-state index contributed by atoms with van der Waals surface area (Å²) in [6, 6.07) is 16.4. The molecule has 3 heterocycles. The number of halogens is 1. The number of aliphatic hydroxyl groups excluding tert-OH is 1. The third-order valence-electron chi connectivity index (χ3n) is 10.3. The molecule has 0 spiro atoms. The molecule has 1 aliphatic rings. The second kappa shape index (κ2) is 22.7. The van der Waals surface area contributed by atoms with E-state index in [1.165, 1.54) is 75.1 Å². The normalized spacial score (nSPS) is 19.4. The fraction of sp³-hybridized carbons (Fsp3) is 0.535. The highest BCUT2D eigenvalue weighted by Crippen LogP contribution is 2.48. The van der Waals surface area contributed by atoms with E-state index in [9.17, 15) is 18.9 Å². The number of esters is 1. The number of unbranched alkanes of at least 4 members (excludes halogenated alkanes) is 13. The average Bonchev–Trinajstić information content (AvgIpc) is 3.80. The van der Waals surface area contributed by atoms with Crippen molar-refractivity contribution in [3.05, 3.63) is 78.6 Å². The number of aromatic nitrogens is 4. The van der Waals surface area contributed by atoms with Gasteiger partial charge < -0.3 is 24.8 Å². The van der Waals surface area contributed by atoms with Crippen LogP contribution in [0.5, 0.6) is 5.75 Å². The Morgan fingerprint density at radius 3 is 2.22 bits per heavy atom. The van der Waals surface area contributed by atoms with E-state index in [1.54, 1.807) is 30.3 Å². The number of terminal acetylenes is 1. The summed E-state index contributed by atoms with van der Waals surface area (Å²) in [5, 5.41) is 14.1. The first-order valence-electron chi connectivity index (χ1n) is 20.6. The van der Waals surface area contributed by atoms with Crippen LogP contribution in [0.15, 0.2) is 67.0 Å². The van der Waals surface area contributed by atoms with Crippen LogP contribution in [0, 0.1) is 18.4 Å². The molecule has 13 nitrogen and oxygen atoms in total. The summed E-state index contributed by atoms with van der Waals surface area (Å²) in [7, 11) is -4.47. The van der Waals surface area contributed by atoms with Crippen LogP contribution in [0.3, 0.4) is 0 Å². The van der Waals surface area contributed by atoms with Crippen molar-refractivity contribution < 1.29 is 37.4 Å². The molecule has 1 aliphatic heterocycles. The first-order chi connectivity index (χ1) is 28.1. The van der Waals surface area contributed by atoms with Gasteiger partial charge in [-0.25, -0.2) is 9.55 Å². The van der Waals surface area contributed by atoms with Gasteiger partial charge in [0.2, 0.25) is 0 Å². The van der Waals surface area contributed by atoms with Gasteiger partial charge in [-0.3, -0.25) is 13.9 Å². The number of benzene rings is 2. The number of carbonyl (C=O) groups excluding carboxylic acids is 1. The molecule has 1 fully saturated rings. The van der Waals surface area contributed by atoms with Gasteiger partial charge in [-0.15, -0.1) is 6.42 Å². The van der Waals surface area contributed by atoms with E-state index in [0.717, 1.165) is 24.8 Å². The summed E-state index contributed by atoms with van der Waals surface area (Å²) in [4.78, 5) is 25.2. The molecule has 5 atom stereocenters. The van der Waals surface area contributed by atoms with Crippen molar-refractivity contribution in [3.63, 3.8) is 0 Å². The highest BCUT2D eigenvalue weighted by molar-refractivity contribution is 7.52. The number of rotatable bonds is 26. The summed E-state index contributed by atoms with van der Waals surface area (Å²) in [6.07, 6.45) is 20.9. The lowest BCUT2D eigenvalue weighted by Crippen LogP contribution is -2.44. The Bertz CT molecular complexity index is 1950. The highest BCUT2D eigenvalue weighted by Gasteiger charge is 2.50. The maximum atomic E-state index is 14.7. The number of hydrogen-bond acceptors (Lipinski definition) is 11. The van der Waals surface area contributed by atoms with Gasteiger partial charge in [0.05, 0.1) is 12.9 Å². The van der Waals surface area contributed by atoms with Crippen molar-refractivity contribution in [2.24, 2.45) is 0 Å². The number of aliphatic hydroxyl groups is 1. The Hall–Kier alpha value is -4.38. The monoisotopic (exact) mass is 820 g/mol. The Kier molecular flexibility index (Phi) is 17.5. The molecule has 5 rings (SSSR count). The fourth-order valence-corrected chi connectivity index (χ4v) is 8.55. The Balaban J connectivity index is 1.20. The Morgan fingerprint density at radius 2 is 1.60 bits per heavy atom. The number of para-hydroxylation sites is 1. The second-order valence-corrected chi connectivity index (χ2v) is 16.6. The molecule has 2 aromatic heterocycles. The molecule has 314 valence electrons. The van der Waals surface area contributed by atoms with Crippen LogP contribution in [0.1, 0.15) is 115 Å². The van der Waals surface area contributed by atoms with Gasteiger partial charge in [0, 0.05) is 6.42 Å². The van der Waals surface area contributed by atoms with Gasteiger partial charge in [0.15, 0.2) is 22.6 Å². The van der Waals surface area contributed by atoms with Gasteiger partial charge >= 0.3 is 19.8 Å². The van der Waals surface area contributed by atoms with Crippen molar-refractivity contribution in [2.45, 2.75) is 134 Å². The molecule has 0 saturated carbocycles. The smallest absolute Gasteiger partial charge is 0.459 e. The van der Waals surface area contributed by atoms with E-state index in [4.69, 9.17) is 30.7 Å².